The number of para-hydroxylation sites is 1. The third kappa shape index (κ3) is 5.34. The fourth-order valence-electron chi connectivity index (χ4n) is 2.08. The lowest BCUT2D eigenvalue weighted by atomic mass is 10.2. The predicted octanol–water partition coefficient (Wildman–Crippen LogP) is 3.84. The van der Waals surface area contributed by atoms with Crippen LogP contribution in [0.1, 0.15) is 15.9 Å². The molecule has 0 amide bonds. The zero-order valence-electron chi connectivity index (χ0n) is 13.8. The number of esters is 1. The summed E-state index contributed by atoms with van der Waals surface area (Å²) in [5.41, 5.74) is 1.14. The molecular weight excluding hydrogens is 334 g/mol. The first-order chi connectivity index (χ1) is 12.0. The van der Waals surface area contributed by atoms with Crippen LogP contribution in [0, 0.1) is 6.92 Å². The summed E-state index contributed by atoms with van der Waals surface area (Å²) in [5.74, 6) is -0.0353. The highest BCUT2D eigenvalue weighted by Crippen LogP contribution is 2.29. The van der Waals surface area contributed by atoms with Gasteiger partial charge in [-0.2, -0.15) is 8.78 Å². The maximum absolute atomic E-state index is 12.3. The molecule has 25 heavy (non-hydrogen) atoms. The molecule has 134 valence electrons. The topological polar surface area (TPSA) is 54.0 Å². The standard InChI is InChI=1S/C18H18F2O5/c1-12-5-3-4-6-14(12)23-9-10-24-17(21)13-7-8-15(25-18(19)20)16(11-13)22-2/h3-8,11,18H,9-10H2,1-2H3. The van der Waals surface area contributed by atoms with Crippen molar-refractivity contribution in [2.45, 2.75) is 13.5 Å². The largest absolute Gasteiger partial charge is 0.493 e. The van der Waals surface area contributed by atoms with Crippen molar-refractivity contribution in [1.29, 1.82) is 0 Å². The fraction of sp³-hybridized carbons (Fsp3) is 0.278. The van der Waals surface area contributed by atoms with E-state index < -0.39 is 12.6 Å². The van der Waals surface area contributed by atoms with E-state index in [0.29, 0.717) is 5.75 Å². The Kier molecular flexibility index (Phi) is 6.56. The van der Waals surface area contributed by atoms with Gasteiger partial charge in [0.15, 0.2) is 11.5 Å². The normalized spacial score (nSPS) is 10.4. The van der Waals surface area contributed by atoms with Crippen LogP contribution < -0.4 is 14.2 Å². The number of hydrogen-bond acceptors (Lipinski definition) is 5. The molecule has 0 aliphatic rings. The molecule has 0 N–H and O–H groups in total. The van der Waals surface area contributed by atoms with Gasteiger partial charge in [0.2, 0.25) is 0 Å². The Hall–Kier alpha value is -2.83. The van der Waals surface area contributed by atoms with Crippen molar-refractivity contribution in [3.8, 4) is 17.2 Å². The summed E-state index contributed by atoms with van der Waals surface area (Å²) in [6.45, 7) is -0.827. The van der Waals surface area contributed by atoms with Crippen molar-refractivity contribution in [2.75, 3.05) is 20.3 Å². The minimum absolute atomic E-state index is 0.0194. The molecule has 0 aliphatic carbocycles. The second-order valence-electron chi connectivity index (χ2n) is 4.99. The lowest BCUT2D eigenvalue weighted by Crippen LogP contribution is -2.13. The number of carbonyl (C=O) groups excluding carboxylic acids is 1. The van der Waals surface area contributed by atoms with Crippen molar-refractivity contribution < 1.29 is 32.5 Å². The Labute approximate surface area is 144 Å². The zero-order valence-corrected chi connectivity index (χ0v) is 13.8. The van der Waals surface area contributed by atoms with E-state index >= 15 is 0 Å². The van der Waals surface area contributed by atoms with E-state index in [1.54, 1.807) is 0 Å². The summed E-state index contributed by atoms with van der Waals surface area (Å²) in [5, 5.41) is 0. The number of ether oxygens (including phenoxy) is 4. The van der Waals surface area contributed by atoms with E-state index in [1.165, 1.54) is 25.3 Å². The summed E-state index contributed by atoms with van der Waals surface area (Å²) in [6, 6.07) is 11.3. The first kappa shape index (κ1) is 18.5. The number of aryl methyl sites for hydroxylation is 1. The van der Waals surface area contributed by atoms with Crippen molar-refractivity contribution in [3.05, 3.63) is 53.6 Å². The number of halogens is 2. The van der Waals surface area contributed by atoms with Crippen LogP contribution in [0.2, 0.25) is 0 Å². The van der Waals surface area contributed by atoms with Crippen molar-refractivity contribution >= 4 is 5.97 Å². The molecule has 0 unspecified atom stereocenters. The number of benzene rings is 2. The highest BCUT2D eigenvalue weighted by Gasteiger charge is 2.15. The van der Waals surface area contributed by atoms with Gasteiger partial charge in [-0.1, -0.05) is 18.2 Å². The highest BCUT2D eigenvalue weighted by molar-refractivity contribution is 5.90. The van der Waals surface area contributed by atoms with Gasteiger partial charge in [-0.05, 0) is 36.8 Å². The van der Waals surface area contributed by atoms with Gasteiger partial charge in [0.1, 0.15) is 19.0 Å². The first-order valence-corrected chi connectivity index (χ1v) is 7.49. The first-order valence-electron chi connectivity index (χ1n) is 7.49. The zero-order chi connectivity index (χ0) is 18.2. The monoisotopic (exact) mass is 352 g/mol. The van der Waals surface area contributed by atoms with Gasteiger partial charge >= 0.3 is 12.6 Å². The number of alkyl halides is 2. The summed E-state index contributed by atoms with van der Waals surface area (Å²) >= 11 is 0. The van der Waals surface area contributed by atoms with Crippen LogP contribution in [0.3, 0.4) is 0 Å². The van der Waals surface area contributed by atoms with E-state index in [0.717, 1.165) is 5.56 Å². The minimum Gasteiger partial charge on any atom is -0.493 e. The highest BCUT2D eigenvalue weighted by atomic mass is 19.3. The van der Waals surface area contributed by atoms with E-state index in [2.05, 4.69) is 4.74 Å². The number of carbonyl (C=O) groups is 1. The summed E-state index contributed by atoms with van der Waals surface area (Å²) < 4.78 is 44.4. The minimum atomic E-state index is -2.98. The summed E-state index contributed by atoms with van der Waals surface area (Å²) in [6.07, 6.45) is 0. The molecule has 0 heterocycles. The molecule has 0 saturated heterocycles. The van der Waals surface area contributed by atoms with Gasteiger partial charge in [-0.25, -0.2) is 4.79 Å². The van der Waals surface area contributed by atoms with Crippen LogP contribution in [0.5, 0.6) is 17.2 Å². The Morgan fingerprint density at radius 1 is 1.04 bits per heavy atom. The van der Waals surface area contributed by atoms with Crippen LogP contribution in [0.25, 0.3) is 0 Å². The Bertz CT molecular complexity index is 718. The molecule has 2 aromatic carbocycles. The Balaban J connectivity index is 1.89. The smallest absolute Gasteiger partial charge is 0.387 e. The van der Waals surface area contributed by atoms with Crippen LogP contribution in [-0.4, -0.2) is 32.9 Å². The molecule has 0 aliphatic heterocycles. The van der Waals surface area contributed by atoms with E-state index in [1.807, 2.05) is 31.2 Å². The number of hydrogen-bond donors (Lipinski definition) is 0. The van der Waals surface area contributed by atoms with Gasteiger partial charge in [0, 0.05) is 0 Å². The molecule has 2 rings (SSSR count). The molecule has 7 heteroatoms. The lowest BCUT2D eigenvalue weighted by Gasteiger charge is -2.12. The molecule has 2 aromatic rings. The molecule has 0 radical (unpaired) electrons. The van der Waals surface area contributed by atoms with Gasteiger partial charge in [-0.3, -0.25) is 0 Å². The summed E-state index contributed by atoms with van der Waals surface area (Å²) in [7, 11) is 1.29. The Morgan fingerprint density at radius 3 is 2.48 bits per heavy atom. The SMILES string of the molecule is COc1cc(C(=O)OCCOc2ccccc2C)ccc1OC(F)F. The van der Waals surface area contributed by atoms with Gasteiger partial charge in [-0.15, -0.1) is 0 Å². The van der Waals surface area contributed by atoms with Crippen LogP contribution >= 0.6 is 0 Å². The number of rotatable bonds is 8. The van der Waals surface area contributed by atoms with Crippen LogP contribution in [0.15, 0.2) is 42.5 Å². The fourth-order valence-corrected chi connectivity index (χ4v) is 2.08. The predicted molar refractivity (Wildman–Crippen MR) is 86.6 cm³/mol. The molecule has 0 saturated carbocycles. The molecule has 0 bridgehead atoms. The quantitative estimate of drug-likeness (QED) is 0.534. The van der Waals surface area contributed by atoms with Crippen molar-refractivity contribution in [1.82, 2.24) is 0 Å². The van der Waals surface area contributed by atoms with E-state index in [-0.39, 0.29) is 30.3 Å². The maximum Gasteiger partial charge on any atom is 0.387 e. The average molecular weight is 352 g/mol. The molecule has 0 atom stereocenters. The second-order valence-corrected chi connectivity index (χ2v) is 4.99. The van der Waals surface area contributed by atoms with Crippen LogP contribution in [-0.2, 0) is 4.74 Å². The molecule has 0 spiro atoms. The Morgan fingerprint density at radius 2 is 1.80 bits per heavy atom. The average Bonchev–Trinajstić information content (AvgIpc) is 2.59. The van der Waals surface area contributed by atoms with E-state index in [4.69, 9.17) is 14.2 Å². The molecular formula is C18H18F2O5. The molecule has 5 nitrogen and oxygen atoms in total. The lowest BCUT2D eigenvalue weighted by molar-refractivity contribution is -0.0512. The maximum atomic E-state index is 12.3. The third-order valence-electron chi connectivity index (χ3n) is 3.28. The van der Waals surface area contributed by atoms with Gasteiger partial charge < -0.3 is 18.9 Å². The third-order valence-corrected chi connectivity index (χ3v) is 3.28. The van der Waals surface area contributed by atoms with Gasteiger partial charge in [0.25, 0.3) is 0 Å². The van der Waals surface area contributed by atoms with Crippen LogP contribution in [0.4, 0.5) is 8.78 Å². The van der Waals surface area contributed by atoms with Crippen molar-refractivity contribution in [3.63, 3.8) is 0 Å². The van der Waals surface area contributed by atoms with E-state index in [9.17, 15) is 13.6 Å². The second kappa shape index (κ2) is 8.86. The number of methoxy groups -OCH3 is 1. The molecule has 0 aromatic heterocycles. The molecule has 0 fully saturated rings. The van der Waals surface area contributed by atoms with Crippen molar-refractivity contribution in [2.24, 2.45) is 0 Å². The van der Waals surface area contributed by atoms with Gasteiger partial charge in [0.05, 0.1) is 12.7 Å². The summed E-state index contributed by atoms with van der Waals surface area (Å²) in [4.78, 5) is 12.0.